The molecule has 0 radical (unpaired) electrons. The Morgan fingerprint density at radius 3 is 2.17 bits per heavy atom. The summed E-state index contributed by atoms with van der Waals surface area (Å²) >= 11 is 0. The first-order valence-corrected chi connectivity index (χ1v) is 5.82. The maximum absolute atomic E-state index is 9.79. The highest BCUT2D eigenvalue weighted by atomic mass is 16.3. The number of aliphatic hydroxyl groups is 1. The van der Waals surface area contributed by atoms with Gasteiger partial charge < -0.3 is 5.11 Å². The molecule has 2 heteroatoms. The van der Waals surface area contributed by atoms with E-state index in [1.165, 1.54) is 0 Å². The van der Waals surface area contributed by atoms with E-state index in [9.17, 15) is 5.11 Å². The summed E-state index contributed by atoms with van der Waals surface area (Å²) in [6.07, 6.45) is 1.68. The van der Waals surface area contributed by atoms with Crippen molar-refractivity contribution in [2.45, 2.75) is 19.4 Å². The molecule has 0 bridgehead atoms. The molecule has 1 N–H and O–H groups in total. The number of hydrogen-bond acceptors (Lipinski definition) is 2. The molecule has 90 valence electrons. The van der Waals surface area contributed by atoms with Crippen molar-refractivity contribution >= 4 is 0 Å². The van der Waals surface area contributed by atoms with Crippen LogP contribution in [0.4, 0.5) is 0 Å². The molecule has 1 aromatic heterocycles. The molecular formula is C16H15NO. The normalized spacial score (nSPS) is 10.6. The number of pyridine rings is 1. The highest BCUT2D eigenvalue weighted by molar-refractivity contribution is 5.41. The molecule has 0 spiro atoms. The molecule has 2 nitrogen and oxygen atoms in total. The van der Waals surface area contributed by atoms with Crippen molar-refractivity contribution in [3.63, 3.8) is 0 Å². The van der Waals surface area contributed by atoms with Gasteiger partial charge in [0.2, 0.25) is 0 Å². The Balaban J connectivity index is 2.20. The molecule has 0 amide bonds. The first-order valence-electron chi connectivity index (χ1n) is 5.82. The summed E-state index contributed by atoms with van der Waals surface area (Å²) in [5.41, 5.74) is 1.55. The zero-order valence-corrected chi connectivity index (χ0v) is 10.5. The van der Waals surface area contributed by atoms with Crippen LogP contribution in [0, 0.1) is 11.8 Å². The molecule has 0 unspecified atom stereocenters. The van der Waals surface area contributed by atoms with Gasteiger partial charge in [-0.1, -0.05) is 30.0 Å². The minimum atomic E-state index is -0.911. The van der Waals surface area contributed by atoms with Gasteiger partial charge in [-0.05, 0) is 38.1 Å². The molecule has 0 aliphatic carbocycles. The molecule has 0 aliphatic heterocycles. The lowest BCUT2D eigenvalue weighted by Gasteiger charge is -2.15. The first-order chi connectivity index (χ1) is 8.55. The van der Waals surface area contributed by atoms with Crippen molar-refractivity contribution < 1.29 is 5.11 Å². The molecule has 0 saturated heterocycles. The Morgan fingerprint density at radius 2 is 1.61 bits per heavy atom. The van der Waals surface area contributed by atoms with Crippen LogP contribution in [-0.4, -0.2) is 10.1 Å². The van der Waals surface area contributed by atoms with Crippen molar-refractivity contribution in [2.24, 2.45) is 0 Å². The summed E-state index contributed by atoms with van der Waals surface area (Å²) in [5.74, 6) is 6.11. The van der Waals surface area contributed by atoms with Gasteiger partial charge in [-0.25, -0.2) is 0 Å². The second-order valence-corrected chi connectivity index (χ2v) is 4.61. The van der Waals surface area contributed by atoms with Crippen molar-refractivity contribution in [3.05, 3.63) is 65.5 Å². The van der Waals surface area contributed by atoms with Crippen LogP contribution in [0.1, 0.15) is 30.7 Å². The predicted octanol–water partition coefficient (Wildman–Crippen LogP) is 2.71. The monoisotopic (exact) mass is 237 g/mol. The van der Waals surface area contributed by atoms with Crippen LogP contribution < -0.4 is 0 Å². The van der Waals surface area contributed by atoms with Gasteiger partial charge in [-0.15, -0.1) is 0 Å². The Kier molecular flexibility index (Phi) is 3.45. The third-order valence-electron chi connectivity index (χ3n) is 2.52. The van der Waals surface area contributed by atoms with Crippen molar-refractivity contribution in [2.75, 3.05) is 0 Å². The minimum absolute atomic E-state index is 0.646. The average Bonchev–Trinajstić information content (AvgIpc) is 2.37. The molecule has 1 aromatic carbocycles. The molecule has 0 saturated carbocycles. The number of rotatable bonds is 1. The van der Waals surface area contributed by atoms with Gasteiger partial charge in [-0.3, -0.25) is 4.98 Å². The van der Waals surface area contributed by atoms with E-state index in [0.717, 1.165) is 11.1 Å². The summed E-state index contributed by atoms with van der Waals surface area (Å²) in [6, 6.07) is 13.5. The zero-order chi connectivity index (χ0) is 13.0. The second-order valence-electron chi connectivity index (χ2n) is 4.61. The third kappa shape index (κ3) is 3.19. The third-order valence-corrected chi connectivity index (χ3v) is 2.52. The number of nitrogens with zero attached hydrogens (tertiary/aromatic N) is 1. The maximum Gasteiger partial charge on any atom is 0.101 e. The molecule has 2 rings (SSSR count). The van der Waals surface area contributed by atoms with Gasteiger partial charge in [-0.2, -0.15) is 0 Å². The molecule has 1 heterocycles. The predicted molar refractivity (Wildman–Crippen MR) is 71.9 cm³/mol. The quantitative estimate of drug-likeness (QED) is 0.774. The Bertz CT molecular complexity index is 568. The van der Waals surface area contributed by atoms with Crippen LogP contribution in [0.3, 0.4) is 0 Å². The van der Waals surface area contributed by atoms with Gasteiger partial charge in [0.15, 0.2) is 0 Å². The Hall–Kier alpha value is -2.11. The van der Waals surface area contributed by atoms with Crippen molar-refractivity contribution in [3.8, 4) is 11.8 Å². The Labute approximate surface area is 107 Å². The van der Waals surface area contributed by atoms with E-state index >= 15 is 0 Å². The van der Waals surface area contributed by atoms with E-state index in [1.807, 2.05) is 36.4 Å². The van der Waals surface area contributed by atoms with E-state index in [0.29, 0.717) is 5.69 Å². The van der Waals surface area contributed by atoms with Gasteiger partial charge >= 0.3 is 0 Å². The largest absolute Gasteiger partial charge is 0.384 e. The summed E-state index contributed by atoms with van der Waals surface area (Å²) < 4.78 is 0. The standard InChI is InChI=1S/C16H15NO/c1-16(2,18)15-11-10-14(12-17-15)9-8-13-6-4-3-5-7-13/h3-7,10-12,18H,1-2H3. The number of hydrogen-bond donors (Lipinski definition) is 1. The lowest BCUT2D eigenvalue weighted by Crippen LogP contribution is -2.17. The molecule has 0 atom stereocenters. The highest BCUT2D eigenvalue weighted by Crippen LogP contribution is 2.16. The van der Waals surface area contributed by atoms with E-state index < -0.39 is 5.60 Å². The number of benzene rings is 1. The van der Waals surface area contributed by atoms with Crippen LogP contribution in [0.5, 0.6) is 0 Å². The summed E-state index contributed by atoms with van der Waals surface area (Å²) in [5, 5.41) is 9.79. The Morgan fingerprint density at radius 1 is 0.944 bits per heavy atom. The first kappa shape index (κ1) is 12.3. The summed E-state index contributed by atoms with van der Waals surface area (Å²) in [4.78, 5) is 4.21. The lowest BCUT2D eigenvalue weighted by atomic mass is 10.0. The van der Waals surface area contributed by atoms with E-state index in [4.69, 9.17) is 0 Å². The van der Waals surface area contributed by atoms with E-state index in [-0.39, 0.29) is 0 Å². The van der Waals surface area contributed by atoms with E-state index in [2.05, 4.69) is 16.8 Å². The molecular weight excluding hydrogens is 222 g/mol. The molecule has 18 heavy (non-hydrogen) atoms. The van der Waals surface area contributed by atoms with Crippen LogP contribution >= 0.6 is 0 Å². The van der Waals surface area contributed by atoms with Crippen LogP contribution in [-0.2, 0) is 5.60 Å². The van der Waals surface area contributed by atoms with Gasteiger partial charge in [0.05, 0.1) is 5.69 Å². The highest BCUT2D eigenvalue weighted by Gasteiger charge is 2.16. The lowest BCUT2D eigenvalue weighted by molar-refractivity contribution is 0.0738. The summed E-state index contributed by atoms with van der Waals surface area (Å²) in [6.45, 7) is 3.43. The summed E-state index contributed by atoms with van der Waals surface area (Å²) in [7, 11) is 0. The van der Waals surface area contributed by atoms with E-state index in [1.54, 1.807) is 26.1 Å². The SMILES string of the molecule is CC(C)(O)c1ccc(C#Cc2ccccc2)cn1. The fourth-order valence-corrected chi connectivity index (χ4v) is 1.50. The van der Waals surface area contributed by atoms with Gasteiger partial charge in [0, 0.05) is 17.3 Å². The fourth-order valence-electron chi connectivity index (χ4n) is 1.50. The minimum Gasteiger partial charge on any atom is -0.384 e. The van der Waals surface area contributed by atoms with Gasteiger partial charge in [0.1, 0.15) is 5.60 Å². The smallest absolute Gasteiger partial charge is 0.101 e. The zero-order valence-electron chi connectivity index (χ0n) is 10.5. The number of aromatic nitrogens is 1. The average molecular weight is 237 g/mol. The van der Waals surface area contributed by atoms with Crippen molar-refractivity contribution in [1.29, 1.82) is 0 Å². The maximum atomic E-state index is 9.79. The van der Waals surface area contributed by atoms with Crippen LogP contribution in [0.15, 0.2) is 48.7 Å². The van der Waals surface area contributed by atoms with Crippen molar-refractivity contribution in [1.82, 2.24) is 4.98 Å². The molecule has 0 aliphatic rings. The fraction of sp³-hybridized carbons (Fsp3) is 0.188. The second kappa shape index (κ2) is 5.03. The van der Waals surface area contributed by atoms with Gasteiger partial charge in [0.25, 0.3) is 0 Å². The van der Waals surface area contributed by atoms with Crippen LogP contribution in [0.25, 0.3) is 0 Å². The molecule has 0 fully saturated rings. The van der Waals surface area contributed by atoms with Crippen LogP contribution in [0.2, 0.25) is 0 Å². The molecule has 2 aromatic rings. The topological polar surface area (TPSA) is 33.1 Å².